The Hall–Kier alpha value is -1.62. The molecule has 1 aliphatic carbocycles. The average Bonchev–Trinajstić information content (AvgIpc) is 3.09. The first-order valence-corrected chi connectivity index (χ1v) is 5.52. The summed E-state index contributed by atoms with van der Waals surface area (Å²) in [5.74, 6) is 0.606. The first-order chi connectivity index (χ1) is 8.01. The van der Waals surface area contributed by atoms with Gasteiger partial charge >= 0.3 is 0 Å². The van der Waals surface area contributed by atoms with Gasteiger partial charge in [-0.15, -0.1) is 0 Å². The molecule has 5 nitrogen and oxygen atoms in total. The molecule has 1 fully saturated rings. The minimum absolute atomic E-state index is 0.0349. The molecule has 1 N–H and O–H groups in total. The molecule has 1 atom stereocenters. The van der Waals surface area contributed by atoms with Crippen molar-refractivity contribution >= 4 is 5.69 Å². The Morgan fingerprint density at radius 3 is 2.59 bits per heavy atom. The topological polar surface area (TPSA) is 72.6 Å². The van der Waals surface area contributed by atoms with Gasteiger partial charge in [-0.05, 0) is 25.8 Å². The zero-order chi connectivity index (χ0) is 12.6. The molecule has 17 heavy (non-hydrogen) atoms. The van der Waals surface area contributed by atoms with Gasteiger partial charge in [0.25, 0.3) is 5.69 Å². The molecule has 92 valence electrons. The van der Waals surface area contributed by atoms with Crippen LogP contribution in [0.5, 0.6) is 5.75 Å². The molecule has 0 radical (unpaired) electrons. The number of aliphatic hydroxyl groups excluding tert-OH is 1. The van der Waals surface area contributed by atoms with Crippen LogP contribution >= 0.6 is 0 Å². The summed E-state index contributed by atoms with van der Waals surface area (Å²) in [5, 5.41) is 20.6. The second-order valence-electron chi connectivity index (χ2n) is 4.47. The molecule has 1 aromatic rings. The van der Waals surface area contributed by atoms with Gasteiger partial charge < -0.3 is 9.84 Å². The minimum Gasteiger partial charge on any atom is -0.496 e. The zero-order valence-electron chi connectivity index (χ0n) is 9.84. The normalized spacial score (nSPS) is 18.5. The second kappa shape index (κ2) is 4.00. The van der Waals surface area contributed by atoms with Crippen LogP contribution in [-0.2, 0) is 5.41 Å². The Morgan fingerprint density at radius 1 is 1.53 bits per heavy atom. The van der Waals surface area contributed by atoms with Crippen molar-refractivity contribution in [3.8, 4) is 5.75 Å². The van der Waals surface area contributed by atoms with Crippen molar-refractivity contribution in [3.63, 3.8) is 0 Å². The minimum atomic E-state index is -0.529. The molecule has 0 amide bonds. The number of hydrogen-bond acceptors (Lipinski definition) is 4. The van der Waals surface area contributed by atoms with E-state index in [-0.39, 0.29) is 11.1 Å². The van der Waals surface area contributed by atoms with Crippen molar-refractivity contribution < 1.29 is 14.8 Å². The summed E-state index contributed by atoms with van der Waals surface area (Å²) in [4.78, 5) is 10.3. The van der Waals surface area contributed by atoms with Crippen LogP contribution in [0.3, 0.4) is 0 Å². The number of ether oxygens (including phenoxy) is 1. The van der Waals surface area contributed by atoms with Crippen LogP contribution in [0, 0.1) is 10.1 Å². The number of nitro benzene ring substituents is 1. The van der Waals surface area contributed by atoms with E-state index >= 15 is 0 Å². The van der Waals surface area contributed by atoms with Gasteiger partial charge in [0, 0.05) is 23.1 Å². The number of benzene rings is 1. The Bertz CT molecular complexity index is 452. The van der Waals surface area contributed by atoms with Crippen LogP contribution in [0.4, 0.5) is 5.69 Å². The molecule has 0 heterocycles. The third-order valence-corrected chi connectivity index (χ3v) is 3.52. The lowest BCUT2D eigenvalue weighted by atomic mass is 9.89. The van der Waals surface area contributed by atoms with Crippen molar-refractivity contribution in [2.24, 2.45) is 0 Å². The highest BCUT2D eigenvalue weighted by atomic mass is 16.6. The predicted molar refractivity (Wildman–Crippen MR) is 62.2 cm³/mol. The molecular formula is C12H15NO4. The molecule has 5 heteroatoms. The molecule has 0 aliphatic heterocycles. The second-order valence-corrected chi connectivity index (χ2v) is 4.47. The highest BCUT2D eigenvalue weighted by Gasteiger charge is 2.50. The first-order valence-electron chi connectivity index (χ1n) is 5.52. The van der Waals surface area contributed by atoms with Crippen LogP contribution in [0.2, 0.25) is 0 Å². The maximum Gasteiger partial charge on any atom is 0.269 e. The Balaban J connectivity index is 2.50. The van der Waals surface area contributed by atoms with E-state index in [9.17, 15) is 15.2 Å². The molecule has 0 aromatic heterocycles. The van der Waals surface area contributed by atoms with Crippen LogP contribution in [0.1, 0.15) is 25.3 Å². The van der Waals surface area contributed by atoms with E-state index in [1.54, 1.807) is 13.0 Å². The first kappa shape index (κ1) is 11.9. The molecule has 1 saturated carbocycles. The van der Waals surface area contributed by atoms with Crippen molar-refractivity contribution in [2.45, 2.75) is 31.3 Å². The van der Waals surface area contributed by atoms with Crippen molar-refractivity contribution in [3.05, 3.63) is 33.9 Å². The maximum absolute atomic E-state index is 10.8. The van der Waals surface area contributed by atoms with Gasteiger partial charge in [-0.2, -0.15) is 0 Å². The van der Waals surface area contributed by atoms with Gasteiger partial charge in [0.1, 0.15) is 5.75 Å². The van der Waals surface area contributed by atoms with E-state index in [1.807, 2.05) is 0 Å². The predicted octanol–water partition coefficient (Wildman–Crippen LogP) is 2.02. The van der Waals surface area contributed by atoms with Crippen molar-refractivity contribution in [1.82, 2.24) is 0 Å². The van der Waals surface area contributed by atoms with E-state index in [0.29, 0.717) is 5.75 Å². The SMILES string of the molecule is COc1ccc([N+](=O)[O-])cc1C1(C(C)O)CC1. The Morgan fingerprint density at radius 2 is 2.18 bits per heavy atom. The summed E-state index contributed by atoms with van der Waals surface area (Å²) in [5.41, 5.74) is 0.411. The lowest BCUT2D eigenvalue weighted by molar-refractivity contribution is -0.385. The summed E-state index contributed by atoms with van der Waals surface area (Å²) < 4.78 is 5.22. The highest BCUT2D eigenvalue weighted by molar-refractivity contribution is 5.50. The standard InChI is InChI=1S/C12H15NO4/c1-8(14)12(5-6-12)10-7-9(13(15)16)3-4-11(10)17-2/h3-4,7-8,14H,5-6H2,1-2H3. The van der Waals surface area contributed by atoms with Gasteiger partial charge in [-0.3, -0.25) is 10.1 Å². The number of methoxy groups -OCH3 is 1. The molecule has 1 aromatic carbocycles. The fourth-order valence-electron chi connectivity index (χ4n) is 2.25. The van der Waals surface area contributed by atoms with E-state index < -0.39 is 11.0 Å². The third-order valence-electron chi connectivity index (χ3n) is 3.52. The summed E-state index contributed by atoms with van der Waals surface area (Å²) in [6, 6.07) is 4.52. The van der Waals surface area contributed by atoms with E-state index in [1.165, 1.54) is 19.2 Å². The number of rotatable bonds is 4. The van der Waals surface area contributed by atoms with Gasteiger partial charge in [-0.1, -0.05) is 0 Å². The zero-order valence-corrected chi connectivity index (χ0v) is 9.84. The summed E-state index contributed by atoms with van der Waals surface area (Å²) >= 11 is 0. The van der Waals surface area contributed by atoms with Crippen LogP contribution in [-0.4, -0.2) is 23.2 Å². The van der Waals surface area contributed by atoms with Crippen LogP contribution in [0.25, 0.3) is 0 Å². The molecule has 1 unspecified atom stereocenters. The molecule has 0 spiro atoms. The van der Waals surface area contributed by atoms with Gasteiger partial charge in [0.2, 0.25) is 0 Å². The number of nitrogens with zero attached hydrogens (tertiary/aromatic N) is 1. The number of nitro groups is 1. The van der Waals surface area contributed by atoms with Crippen molar-refractivity contribution in [2.75, 3.05) is 7.11 Å². The van der Waals surface area contributed by atoms with E-state index in [4.69, 9.17) is 4.74 Å². The molecular weight excluding hydrogens is 222 g/mol. The summed E-state index contributed by atoms with van der Waals surface area (Å²) in [6.07, 6.45) is 1.14. The fourth-order valence-corrected chi connectivity index (χ4v) is 2.25. The molecule has 1 aliphatic rings. The number of non-ortho nitro benzene ring substituents is 1. The summed E-state index contributed by atoms with van der Waals surface area (Å²) in [6.45, 7) is 1.71. The highest BCUT2D eigenvalue weighted by Crippen LogP contribution is 2.54. The van der Waals surface area contributed by atoms with Crippen LogP contribution in [0.15, 0.2) is 18.2 Å². The average molecular weight is 237 g/mol. The Kier molecular flexibility index (Phi) is 2.79. The number of hydrogen-bond donors (Lipinski definition) is 1. The molecule has 0 bridgehead atoms. The molecule has 2 rings (SSSR count). The monoisotopic (exact) mass is 237 g/mol. The van der Waals surface area contributed by atoms with Gasteiger partial charge in [-0.25, -0.2) is 0 Å². The summed E-state index contributed by atoms with van der Waals surface area (Å²) in [7, 11) is 1.53. The largest absolute Gasteiger partial charge is 0.496 e. The third kappa shape index (κ3) is 1.86. The quantitative estimate of drug-likeness (QED) is 0.642. The van der Waals surface area contributed by atoms with Gasteiger partial charge in [0.15, 0.2) is 0 Å². The lowest BCUT2D eigenvalue weighted by Gasteiger charge is -2.21. The lowest BCUT2D eigenvalue weighted by Crippen LogP contribution is -2.23. The Labute approximate surface area is 99.2 Å². The maximum atomic E-state index is 10.8. The van der Waals surface area contributed by atoms with Crippen molar-refractivity contribution in [1.29, 1.82) is 0 Å². The van der Waals surface area contributed by atoms with Crippen LogP contribution < -0.4 is 4.74 Å². The number of aliphatic hydroxyl groups is 1. The molecule has 0 saturated heterocycles. The fraction of sp³-hybridized carbons (Fsp3) is 0.500. The van der Waals surface area contributed by atoms with E-state index in [0.717, 1.165) is 18.4 Å². The smallest absolute Gasteiger partial charge is 0.269 e. The van der Waals surface area contributed by atoms with Gasteiger partial charge in [0.05, 0.1) is 18.1 Å². The van der Waals surface area contributed by atoms with E-state index in [2.05, 4.69) is 0 Å².